The molecule has 1 saturated heterocycles. The Morgan fingerprint density at radius 1 is 1.29 bits per heavy atom. The van der Waals surface area contributed by atoms with Gasteiger partial charge in [-0.3, -0.25) is 4.79 Å². The highest BCUT2D eigenvalue weighted by Gasteiger charge is 2.30. The number of carboxylic acid groups (broad SMARTS) is 1. The minimum Gasteiger partial charge on any atom is -0.481 e. The Kier molecular flexibility index (Phi) is 6.21. The third kappa shape index (κ3) is 4.80. The van der Waals surface area contributed by atoms with Crippen LogP contribution in [-0.2, 0) is 4.79 Å². The van der Waals surface area contributed by atoms with Crippen LogP contribution in [0, 0.1) is 5.92 Å². The standard InChI is InChI=1S/C15H26N2O3S/c1-2-11-3-5-12(6-4-11)16-15(20)17-7-8-21-10-13(17)9-14(18)19/h11-13H,2-10H2,1H3,(H,16,20)(H,18,19). The molecule has 1 saturated carbocycles. The second-order valence-electron chi connectivity index (χ2n) is 6.10. The number of carbonyl (C=O) groups excluding carboxylic acids is 1. The van der Waals surface area contributed by atoms with Gasteiger partial charge in [-0.1, -0.05) is 13.3 Å². The minimum atomic E-state index is -0.830. The van der Waals surface area contributed by atoms with Gasteiger partial charge in [-0.05, 0) is 31.6 Å². The summed E-state index contributed by atoms with van der Waals surface area (Å²) in [6, 6.07) is 0.0232. The predicted molar refractivity (Wildman–Crippen MR) is 84.6 cm³/mol. The topological polar surface area (TPSA) is 69.6 Å². The average Bonchev–Trinajstić information content (AvgIpc) is 2.48. The molecule has 0 aromatic carbocycles. The molecule has 1 heterocycles. The van der Waals surface area contributed by atoms with Gasteiger partial charge in [-0.15, -0.1) is 0 Å². The molecule has 1 unspecified atom stereocenters. The van der Waals surface area contributed by atoms with Gasteiger partial charge in [-0.25, -0.2) is 4.79 Å². The lowest BCUT2D eigenvalue weighted by molar-refractivity contribution is -0.138. The van der Waals surface area contributed by atoms with Crippen LogP contribution in [0.15, 0.2) is 0 Å². The Hall–Kier alpha value is -0.910. The molecular weight excluding hydrogens is 288 g/mol. The smallest absolute Gasteiger partial charge is 0.317 e. The van der Waals surface area contributed by atoms with Crippen LogP contribution < -0.4 is 5.32 Å². The van der Waals surface area contributed by atoms with Crippen molar-refractivity contribution in [3.8, 4) is 0 Å². The molecule has 1 aliphatic heterocycles. The van der Waals surface area contributed by atoms with E-state index in [2.05, 4.69) is 12.2 Å². The van der Waals surface area contributed by atoms with Crippen molar-refractivity contribution in [3.63, 3.8) is 0 Å². The molecule has 0 radical (unpaired) electrons. The first-order chi connectivity index (χ1) is 10.1. The molecule has 6 heteroatoms. The van der Waals surface area contributed by atoms with E-state index in [4.69, 9.17) is 5.11 Å². The van der Waals surface area contributed by atoms with Crippen molar-refractivity contribution in [3.05, 3.63) is 0 Å². The number of hydrogen-bond acceptors (Lipinski definition) is 3. The van der Waals surface area contributed by atoms with E-state index < -0.39 is 5.97 Å². The molecule has 0 spiro atoms. The monoisotopic (exact) mass is 314 g/mol. The lowest BCUT2D eigenvalue weighted by Gasteiger charge is -2.37. The summed E-state index contributed by atoms with van der Waals surface area (Å²) in [5.74, 6) is 1.60. The van der Waals surface area contributed by atoms with E-state index in [-0.39, 0.29) is 24.5 Å². The van der Waals surface area contributed by atoms with E-state index in [9.17, 15) is 9.59 Å². The average molecular weight is 314 g/mol. The molecule has 2 rings (SSSR count). The summed E-state index contributed by atoms with van der Waals surface area (Å²) in [5.41, 5.74) is 0. The van der Waals surface area contributed by atoms with Crippen molar-refractivity contribution < 1.29 is 14.7 Å². The summed E-state index contributed by atoms with van der Waals surface area (Å²) in [6.07, 6.45) is 5.76. The van der Waals surface area contributed by atoms with Crippen LogP contribution in [0.5, 0.6) is 0 Å². The number of nitrogens with one attached hydrogen (secondary N) is 1. The van der Waals surface area contributed by atoms with Crippen LogP contribution in [0.25, 0.3) is 0 Å². The number of amides is 2. The van der Waals surface area contributed by atoms with Crippen LogP contribution in [0.1, 0.15) is 45.4 Å². The summed E-state index contributed by atoms with van der Waals surface area (Å²) in [5, 5.41) is 12.1. The predicted octanol–water partition coefficient (Wildman–Crippen LogP) is 2.56. The summed E-state index contributed by atoms with van der Waals surface area (Å²) < 4.78 is 0. The van der Waals surface area contributed by atoms with Crippen molar-refractivity contribution >= 4 is 23.8 Å². The maximum absolute atomic E-state index is 12.4. The van der Waals surface area contributed by atoms with Gasteiger partial charge in [0.15, 0.2) is 0 Å². The number of carbonyl (C=O) groups is 2. The fourth-order valence-corrected chi connectivity index (χ4v) is 4.33. The number of thioether (sulfide) groups is 1. The number of carboxylic acids is 1. The lowest BCUT2D eigenvalue weighted by Crippen LogP contribution is -2.53. The molecular formula is C15H26N2O3S. The SMILES string of the molecule is CCC1CCC(NC(=O)N2CCSCC2CC(=O)O)CC1. The normalized spacial score (nSPS) is 30.0. The Bertz CT molecular complexity index is 370. The molecule has 2 N–H and O–H groups in total. The highest BCUT2D eigenvalue weighted by Crippen LogP contribution is 2.27. The van der Waals surface area contributed by atoms with Gasteiger partial charge in [0, 0.05) is 24.1 Å². The summed E-state index contributed by atoms with van der Waals surface area (Å²) >= 11 is 1.73. The lowest BCUT2D eigenvalue weighted by atomic mass is 9.84. The summed E-state index contributed by atoms with van der Waals surface area (Å²) in [6.45, 7) is 2.88. The molecule has 120 valence electrons. The van der Waals surface area contributed by atoms with Crippen molar-refractivity contribution in [2.75, 3.05) is 18.1 Å². The van der Waals surface area contributed by atoms with Crippen LogP contribution in [0.4, 0.5) is 4.79 Å². The van der Waals surface area contributed by atoms with Crippen molar-refractivity contribution in [2.45, 2.75) is 57.5 Å². The second-order valence-corrected chi connectivity index (χ2v) is 7.25. The van der Waals surface area contributed by atoms with Gasteiger partial charge in [-0.2, -0.15) is 11.8 Å². The van der Waals surface area contributed by atoms with Gasteiger partial charge in [0.25, 0.3) is 0 Å². The zero-order valence-electron chi connectivity index (χ0n) is 12.7. The number of urea groups is 1. The van der Waals surface area contributed by atoms with E-state index in [0.717, 1.165) is 30.3 Å². The van der Waals surface area contributed by atoms with Gasteiger partial charge < -0.3 is 15.3 Å². The van der Waals surface area contributed by atoms with E-state index in [1.165, 1.54) is 19.3 Å². The maximum atomic E-state index is 12.4. The van der Waals surface area contributed by atoms with E-state index in [1.807, 2.05) is 0 Å². The second kappa shape index (κ2) is 7.92. The van der Waals surface area contributed by atoms with Crippen LogP contribution in [0.2, 0.25) is 0 Å². The Labute approximate surface area is 130 Å². The quantitative estimate of drug-likeness (QED) is 0.837. The molecule has 0 bridgehead atoms. The minimum absolute atomic E-state index is 0.0446. The zero-order chi connectivity index (χ0) is 15.2. The molecule has 2 fully saturated rings. The molecule has 0 aromatic rings. The van der Waals surface area contributed by atoms with E-state index in [0.29, 0.717) is 6.54 Å². The van der Waals surface area contributed by atoms with Gasteiger partial charge in [0.1, 0.15) is 0 Å². The first kappa shape index (κ1) is 16.5. The van der Waals surface area contributed by atoms with Gasteiger partial charge >= 0.3 is 12.0 Å². The van der Waals surface area contributed by atoms with Crippen LogP contribution >= 0.6 is 11.8 Å². The number of aliphatic carboxylic acids is 1. The third-order valence-corrected chi connectivity index (χ3v) is 5.74. The third-order valence-electron chi connectivity index (χ3n) is 4.65. The molecule has 2 aliphatic rings. The van der Waals surface area contributed by atoms with E-state index >= 15 is 0 Å². The maximum Gasteiger partial charge on any atom is 0.317 e. The van der Waals surface area contributed by atoms with Gasteiger partial charge in [0.2, 0.25) is 0 Å². The highest BCUT2D eigenvalue weighted by molar-refractivity contribution is 7.99. The first-order valence-electron chi connectivity index (χ1n) is 7.96. The summed E-state index contributed by atoms with van der Waals surface area (Å²) in [4.78, 5) is 25.1. The zero-order valence-corrected chi connectivity index (χ0v) is 13.5. The first-order valence-corrected chi connectivity index (χ1v) is 9.12. The Morgan fingerprint density at radius 3 is 2.62 bits per heavy atom. The number of hydrogen-bond donors (Lipinski definition) is 2. The van der Waals surface area contributed by atoms with Crippen LogP contribution in [0.3, 0.4) is 0 Å². The van der Waals surface area contributed by atoms with Crippen molar-refractivity contribution in [1.29, 1.82) is 0 Å². The summed E-state index contributed by atoms with van der Waals surface area (Å²) in [7, 11) is 0. The molecule has 1 atom stereocenters. The van der Waals surface area contributed by atoms with E-state index in [1.54, 1.807) is 16.7 Å². The molecule has 1 aliphatic carbocycles. The highest BCUT2D eigenvalue weighted by atomic mass is 32.2. The fourth-order valence-electron chi connectivity index (χ4n) is 3.27. The van der Waals surface area contributed by atoms with Crippen LogP contribution in [-0.4, -0.2) is 52.1 Å². The Balaban J connectivity index is 1.84. The number of nitrogens with zero attached hydrogens (tertiary/aromatic N) is 1. The molecule has 0 aromatic heterocycles. The fraction of sp³-hybridized carbons (Fsp3) is 0.867. The Morgan fingerprint density at radius 2 is 2.00 bits per heavy atom. The molecule has 2 amide bonds. The number of rotatable bonds is 4. The van der Waals surface area contributed by atoms with Crippen molar-refractivity contribution in [1.82, 2.24) is 10.2 Å². The van der Waals surface area contributed by atoms with Crippen molar-refractivity contribution in [2.24, 2.45) is 5.92 Å². The molecule has 5 nitrogen and oxygen atoms in total. The largest absolute Gasteiger partial charge is 0.481 e. The molecule has 21 heavy (non-hydrogen) atoms. The van der Waals surface area contributed by atoms with Gasteiger partial charge in [0.05, 0.1) is 12.5 Å².